The Kier molecular flexibility index (Phi) is 7.97. The minimum Gasteiger partial charge on any atom is -0.429 e. The van der Waals surface area contributed by atoms with Gasteiger partial charge in [0.2, 0.25) is 0 Å². The highest BCUT2D eigenvalue weighted by Crippen LogP contribution is 2.39. The number of ether oxygens (including phenoxy) is 2. The molecule has 1 aliphatic carbocycles. The van der Waals surface area contributed by atoms with Crippen LogP contribution in [-0.4, -0.2) is 6.36 Å². The maximum atomic E-state index is 14.5. The number of rotatable bonds is 8. The van der Waals surface area contributed by atoms with Gasteiger partial charge in [0, 0.05) is 0 Å². The lowest BCUT2D eigenvalue weighted by Crippen LogP contribution is -2.23. The average molecular weight is 472 g/mol. The third kappa shape index (κ3) is 7.17. The fourth-order valence-electron chi connectivity index (χ4n) is 4.19. The summed E-state index contributed by atoms with van der Waals surface area (Å²) in [6.45, 7) is 2.02. The van der Waals surface area contributed by atoms with Crippen LogP contribution in [0.2, 0.25) is 0 Å². The van der Waals surface area contributed by atoms with Gasteiger partial charge in [-0.1, -0.05) is 24.3 Å². The highest BCUT2D eigenvalue weighted by molar-refractivity contribution is 5.33. The van der Waals surface area contributed by atoms with Gasteiger partial charge >= 0.3 is 12.5 Å². The van der Waals surface area contributed by atoms with Gasteiger partial charge in [0.25, 0.3) is 0 Å². The van der Waals surface area contributed by atoms with E-state index in [2.05, 4.69) is 16.9 Å². The van der Waals surface area contributed by atoms with Crippen molar-refractivity contribution in [2.75, 3.05) is 0 Å². The summed E-state index contributed by atoms with van der Waals surface area (Å²) < 4.78 is 87.6. The van der Waals surface area contributed by atoms with E-state index in [-0.39, 0.29) is 11.8 Å². The van der Waals surface area contributed by atoms with Crippen LogP contribution in [0.1, 0.15) is 62.5 Å². The molecule has 1 aliphatic rings. The molecule has 33 heavy (non-hydrogen) atoms. The number of allylic oxidation sites excluding steroid dienone is 2. The normalized spacial score (nSPS) is 19.6. The van der Waals surface area contributed by atoms with Crippen LogP contribution in [0.5, 0.6) is 11.5 Å². The Balaban J connectivity index is 1.59. The summed E-state index contributed by atoms with van der Waals surface area (Å²) in [5, 5.41) is 0. The van der Waals surface area contributed by atoms with Crippen molar-refractivity contribution >= 4 is 0 Å². The quantitative estimate of drug-likeness (QED) is 0.283. The summed E-state index contributed by atoms with van der Waals surface area (Å²) in [6, 6.07) is 7.75. The Morgan fingerprint density at radius 2 is 1.58 bits per heavy atom. The molecule has 0 bridgehead atoms. The molecule has 8 heteroatoms. The Morgan fingerprint density at radius 1 is 0.909 bits per heavy atom. The van der Waals surface area contributed by atoms with Crippen LogP contribution in [0.4, 0.5) is 26.3 Å². The Morgan fingerprint density at radius 3 is 2.15 bits per heavy atom. The third-order valence-corrected chi connectivity index (χ3v) is 5.92. The summed E-state index contributed by atoms with van der Waals surface area (Å²) in [5.41, 5.74) is 0.132. The van der Waals surface area contributed by atoms with E-state index in [1.54, 1.807) is 12.1 Å². The predicted molar refractivity (Wildman–Crippen MR) is 113 cm³/mol. The standard InChI is InChI=1S/C25H26F6O2/c1-2-3-4-5-17-6-8-18(9-7-17)19-10-13-21(14-11-19)32-24(27,28)20-12-15-23(22(26)16-20)33-25(29,30)31/h2-3,10-18H,4-9H2,1H3/b3-2+. The molecule has 0 N–H and O–H groups in total. The van der Waals surface area contributed by atoms with Crippen molar-refractivity contribution in [3.63, 3.8) is 0 Å². The van der Waals surface area contributed by atoms with E-state index in [9.17, 15) is 26.3 Å². The van der Waals surface area contributed by atoms with Gasteiger partial charge in [-0.15, -0.1) is 13.2 Å². The third-order valence-electron chi connectivity index (χ3n) is 5.92. The lowest BCUT2D eigenvalue weighted by Gasteiger charge is -2.28. The first kappa shape index (κ1) is 25.0. The monoisotopic (exact) mass is 472 g/mol. The topological polar surface area (TPSA) is 18.5 Å². The van der Waals surface area contributed by atoms with Crippen molar-refractivity contribution in [2.24, 2.45) is 5.92 Å². The molecular formula is C25H26F6O2. The smallest absolute Gasteiger partial charge is 0.429 e. The molecule has 2 aromatic rings. The molecule has 0 saturated heterocycles. The van der Waals surface area contributed by atoms with Crippen LogP contribution in [-0.2, 0) is 6.11 Å². The van der Waals surface area contributed by atoms with Gasteiger partial charge in [-0.25, -0.2) is 4.39 Å². The largest absolute Gasteiger partial charge is 0.573 e. The van der Waals surface area contributed by atoms with E-state index in [1.165, 1.54) is 18.6 Å². The van der Waals surface area contributed by atoms with Crippen LogP contribution >= 0.6 is 0 Å². The second-order valence-electron chi connectivity index (χ2n) is 8.24. The van der Waals surface area contributed by atoms with Crippen molar-refractivity contribution in [3.05, 3.63) is 71.6 Å². The van der Waals surface area contributed by atoms with E-state index in [0.717, 1.165) is 37.7 Å². The molecule has 0 amide bonds. The van der Waals surface area contributed by atoms with E-state index in [4.69, 9.17) is 4.74 Å². The van der Waals surface area contributed by atoms with Crippen LogP contribution < -0.4 is 9.47 Å². The first-order chi connectivity index (χ1) is 15.6. The molecule has 0 heterocycles. The van der Waals surface area contributed by atoms with E-state index in [1.807, 2.05) is 6.92 Å². The molecule has 3 rings (SSSR count). The Labute approximate surface area is 189 Å². The lowest BCUT2D eigenvalue weighted by atomic mass is 9.77. The fourth-order valence-corrected chi connectivity index (χ4v) is 4.19. The average Bonchev–Trinajstić information content (AvgIpc) is 2.75. The van der Waals surface area contributed by atoms with Gasteiger partial charge in [-0.05, 0) is 93.2 Å². The lowest BCUT2D eigenvalue weighted by molar-refractivity contribution is -0.275. The molecule has 1 fully saturated rings. The van der Waals surface area contributed by atoms with Gasteiger partial charge < -0.3 is 9.47 Å². The summed E-state index contributed by atoms with van der Waals surface area (Å²) in [7, 11) is 0. The zero-order chi connectivity index (χ0) is 24.1. The second-order valence-corrected chi connectivity index (χ2v) is 8.24. The van der Waals surface area contributed by atoms with Crippen molar-refractivity contribution in [2.45, 2.75) is 63.8 Å². The molecule has 0 aromatic heterocycles. The van der Waals surface area contributed by atoms with E-state index in [0.29, 0.717) is 24.0 Å². The molecule has 0 unspecified atom stereocenters. The van der Waals surface area contributed by atoms with Crippen molar-refractivity contribution in [3.8, 4) is 11.5 Å². The van der Waals surface area contributed by atoms with Gasteiger partial charge in [-0.3, -0.25) is 0 Å². The number of benzene rings is 2. The minimum absolute atomic E-state index is 0.125. The first-order valence-electron chi connectivity index (χ1n) is 10.9. The van der Waals surface area contributed by atoms with Gasteiger partial charge in [0.1, 0.15) is 5.75 Å². The molecule has 0 radical (unpaired) electrons. The SMILES string of the molecule is C/C=C/CCC1CCC(c2ccc(OC(F)(F)c3ccc(OC(F)(F)F)c(F)c3)cc2)CC1. The van der Waals surface area contributed by atoms with Gasteiger partial charge in [0.05, 0.1) is 5.56 Å². The van der Waals surface area contributed by atoms with Crippen molar-refractivity contribution in [1.82, 2.24) is 0 Å². The Bertz CT molecular complexity index is 929. The fraction of sp³-hybridized carbons (Fsp3) is 0.440. The molecule has 180 valence electrons. The number of halogens is 6. The zero-order valence-electron chi connectivity index (χ0n) is 18.2. The van der Waals surface area contributed by atoms with Crippen molar-refractivity contribution < 1.29 is 35.8 Å². The maximum Gasteiger partial charge on any atom is 0.573 e. The molecule has 1 saturated carbocycles. The molecule has 0 aliphatic heterocycles. The van der Waals surface area contributed by atoms with Crippen molar-refractivity contribution in [1.29, 1.82) is 0 Å². The van der Waals surface area contributed by atoms with Crippen LogP contribution in [0.25, 0.3) is 0 Å². The first-order valence-corrected chi connectivity index (χ1v) is 10.9. The Hall–Kier alpha value is -2.64. The second kappa shape index (κ2) is 10.5. The van der Waals surface area contributed by atoms with Gasteiger partial charge in [-0.2, -0.15) is 8.78 Å². The highest BCUT2D eigenvalue weighted by Gasteiger charge is 2.37. The van der Waals surface area contributed by atoms with E-state index >= 15 is 0 Å². The summed E-state index contributed by atoms with van der Waals surface area (Å²) in [6.07, 6.45) is 1.81. The van der Waals surface area contributed by atoms with Gasteiger partial charge in [0.15, 0.2) is 11.6 Å². The molecule has 0 atom stereocenters. The minimum atomic E-state index is -5.13. The maximum absolute atomic E-state index is 14.5. The zero-order valence-corrected chi connectivity index (χ0v) is 18.2. The van der Waals surface area contributed by atoms with Crippen LogP contribution in [0.15, 0.2) is 54.6 Å². The predicted octanol–water partition coefficient (Wildman–Crippen LogP) is 8.48. The molecule has 2 aromatic carbocycles. The number of hydrogen-bond acceptors (Lipinski definition) is 2. The highest BCUT2D eigenvalue weighted by atomic mass is 19.4. The molecule has 0 spiro atoms. The van der Waals surface area contributed by atoms with E-state index < -0.39 is 29.6 Å². The summed E-state index contributed by atoms with van der Waals surface area (Å²) in [5.74, 6) is -1.80. The number of alkyl halides is 5. The number of hydrogen-bond donors (Lipinski definition) is 0. The molecular weight excluding hydrogens is 446 g/mol. The van der Waals surface area contributed by atoms with Crippen LogP contribution in [0.3, 0.4) is 0 Å². The summed E-state index contributed by atoms with van der Waals surface area (Å²) in [4.78, 5) is 0. The van der Waals surface area contributed by atoms with Crippen LogP contribution in [0, 0.1) is 11.7 Å². The molecule has 2 nitrogen and oxygen atoms in total. The summed E-state index contributed by atoms with van der Waals surface area (Å²) >= 11 is 0.